The van der Waals surface area contributed by atoms with E-state index in [1.165, 1.54) is 39.9 Å². The van der Waals surface area contributed by atoms with Crippen molar-refractivity contribution >= 4 is 43.3 Å². The summed E-state index contributed by atoms with van der Waals surface area (Å²) in [6.07, 6.45) is 1.90. The minimum Gasteiger partial charge on any atom is -0.360 e. The van der Waals surface area contributed by atoms with Crippen molar-refractivity contribution in [3.8, 4) is 11.3 Å². The van der Waals surface area contributed by atoms with Gasteiger partial charge >= 0.3 is 0 Å². The summed E-state index contributed by atoms with van der Waals surface area (Å²) in [6, 6.07) is 13.9. The molecule has 0 atom stereocenters. The van der Waals surface area contributed by atoms with Crippen molar-refractivity contribution in [3.63, 3.8) is 0 Å². The van der Waals surface area contributed by atoms with Crippen LogP contribution in [0.25, 0.3) is 22.2 Å². The Morgan fingerprint density at radius 2 is 1.81 bits per heavy atom. The summed E-state index contributed by atoms with van der Waals surface area (Å²) in [7, 11) is -3.55. The number of anilines is 1. The number of H-pyrrole nitrogens is 1. The van der Waals surface area contributed by atoms with Crippen molar-refractivity contribution in [2.45, 2.75) is 18.7 Å². The molecule has 2 heterocycles. The van der Waals surface area contributed by atoms with Crippen LogP contribution in [0.1, 0.15) is 24.2 Å². The molecule has 0 unspecified atom stereocenters. The molecule has 4 rings (SSSR count). The van der Waals surface area contributed by atoms with E-state index in [4.69, 9.17) is 0 Å². The number of sulfonamides is 1. The van der Waals surface area contributed by atoms with Crippen LogP contribution in [-0.2, 0) is 10.0 Å². The van der Waals surface area contributed by atoms with Crippen LogP contribution < -0.4 is 5.32 Å². The Balaban J connectivity index is 1.50. The predicted octanol–water partition coefficient (Wildman–Crippen LogP) is 4.57. The zero-order valence-electron chi connectivity index (χ0n) is 17.1. The van der Waals surface area contributed by atoms with Crippen LogP contribution in [0.5, 0.6) is 0 Å². The number of hydrogen-bond acceptors (Lipinski definition) is 5. The number of para-hydroxylation sites is 1. The van der Waals surface area contributed by atoms with E-state index in [1.54, 1.807) is 13.8 Å². The van der Waals surface area contributed by atoms with E-state index < -0.39 is 10.0 Å². The largest absolute Gasteiger partial charge is 0.360 e. The maximum absolute atomic E-state index is 12.6. The number of aromatic nitrogens is 2. The molecule has 9 heteroatoms. The Morgan fingerprint density at radius 3 is 2.52 bits per heavy atom. The number of carbonyl (C=O) groups is 1. The van der Waals surface area contributed by atoms with Gasteiger partial charge in [-0.1, -0.05) is 32.0 Å². The van der Waals surface area contributed by atoms with Crippen molar-refractivity contribution in [1.82, 2.24) is 14.3 Å². The molecule has 1 amide bonds. The molecule has 2 aromatic heterocycles. The van der Waals surface area contributed by atoms with Gasteiger partial charge in [-0.3, -0.25) is 10.1 Å². The first-order chi connectivity index (χ1) is 14.9. The summed E-state index contributed by atoms with van der Waals surface area (Å²) in [5, 5.41) is 6.23. The van der Waals surface area contributed by atoms with Gasteiger partial charge < -0.3 is 4.98 Å². The average Bonchev–Trinajstić information content (AvgIpc) is 3.41. The lowest BCUT2D eigenvalue weighted by Crippen LogP contribution is -2.30. The lowest BCUT2D eigenvalue weighted by Gasteiger charge is -2.18. The Labute approximate surface area is 184 Å². The van der Waals surface area contributed by atoms with Gasteiger partial charge in [0, 0.05) is 46.7 Å². The van der Waals surface area contributed by atoms with Crippen molar-refractivity contribution in [2.75, 3.05) is 18.4 Å². The first-order valence-corrected chi connectivity index (χ1v) is 12.2. The second-order valence-corrected chi connectivity index (χ2v) is 9.65. The van der Waals surface area contributed by atoms with Gasteiger partial charge in [0.2, 0.25) is 10.0 Å². The fourth-order valence-corrected chi connectivity index (χ4v) is 5.56. The molecule has 0 bridgehead atoms. The summed E-state index contributed by atoms with van der Waals surface area (Å²) < 4.78 is 26.6. The second-order valence-electron chi connectivity index (χ2n) is 6.85. The van der Waals surface area contributed by atoms with Gasteiger partial charge in [-0.15, -0.1) is 11.3 Å². The highest BCUT2D eigenvalue weighted by atomic mass is 32.2. The number of hydrogen-bond donors (Lipinski definition) is 2. The maximum atomic E-state index is 12.6. The molecule has 0 aliphatic carbocycles. The van der Waals surface area contributed by atoms with E-state index in [-0.39, 0.29) is 10.8 Å². The van der Waals surface area contributed by atoms with Crippen LogP contribution in [0.2, 0.25) is 0 Å². The van der Waals surface area contributed by atoms with Crippen LogP contribution in [0.15, 0.2) is 65.0 Å². The molecule has 0 fully saturated rings. The fraction of sp³-hybridized carbons (Fsp3) is 0.182. The molecule has 0 spiro atoms. The minimum absolute atomic E-state index is 0.170. The number of rotatable bonds is 7. The van der Waals surface area contributed by atoms with Gasteiger partial charge in [0.1, 0.15) is 0 Å². The van der Waals surface area contributed by atoms with Crippen molar-refractivity contribution in [1.29, 1.82) is 0 Å². The number of carbonyl (C=O) groups excluding carboxylic acids is 1. The van der Waals surface area contributed by atoms with E-state index in [1.807, 2.05) is 35.8 Å². The number of thiazole rings is 1. The molecule has 2 aromatic carbocycles. The number of benzene rings is 2. The number of amides is 1. The van der Waals surface area contributed by atoms with Gasteiger partial charge in [-0.2, -0.15) is 4.31 Å². The molecule has 7 nitrogen and oxygen atoms in total. The molecule has 2 N–H and O–H groups in total. The summed E-state index contributed by atoms with van der Waals surface area (Å²) in [4.78, 5) is 20.5. The van der Waals surface area contributed by atoms with E-state index in [9.17, 15) is 13.2 Å². The molecule has 0 aliphatic rings. The third kappa shape index (κ3) is 4.12. The van der Waals surface area contributed by atoms with Crippen LogP contribution in [0.3, 0.4) is 0 Å². The molecule has 160 valence electrons. The zero-order valence-corrected chi connectivity index (χ0v) is 18.8. The third-order valence-corrected chi connectivity index (χ3v) is 7.87. The highest BCUT2D eigenvalue weighted by Gasteiger charge is 2.22. The van der Waals surface area contributed by atoms with E-state index in [2.05, 4.69) is 15.3 Å². The topological polar surface area (TPSA) is 95.2 Å². The molecule has 31 heavy (non-hydrogen) atoms. The normalized spacial score (nSPS) is 11.8. The first-order valence-electron chi connectivity index (χ1n) is 9.87. The molecule has 4 aromatic rings. The predicted molar refractivity (Wildman–Crippen MR) is 124 cm³/mol. The maximum Gasteiger partial charge on any atom is 0.257 e. The second kappa shape index (κ2) is 8.62. The van der Waals surface area contributed by atoms with Crippen molar-refractivity contribution in [2.24, 2.45) is 0 Å². The van der Waals surface area contributed by atoms with Crippen LogP contribution in [0.4, 0.5) is 5.13 Å². The van der Waals surface area contributed by atoms with E-state index >= 15 is 0 Å². The molecule has 0 radical (unpaired) electrons. The monoisotopic (exact) mass is 454 g/mol. The van der Waals surface area contributed by atoms with Gasteiger partial charge in [0.05, 0.1) is 10.6 Å². The van der Waals surface area contributed by atoms with Crippen molar-refractivity contribution in [3.05, 3.63) is 65.7 Å². The van der Waals surface area contributed by atoms with Gasteiger partial charge in [-0.05, 0) is 30.3 Å². The molecule has 0 saturated carbocycles. The quantitative estimate of drug-likeness (QED) is 0.427. The Hall–Kier alpha value is -3.01. The van der Waals surface area contributed by atoms with E-state index in [0.717, 1.165) is 22.2 Å². The molecular formula is C22H22N4O3S2. The SMILES string of the molecule is CCN(CC)S(=O)(=O)c1ccc(C(=O)Nc2nc(-c3c[nH]c4ccccc34)cs2)cc1. The standard InChI is InChI=1S/C22H22N4O3S2/c1-3-26(4-2)31(28,29)16-11-9-15(10-12-16)21(27)25-22-24-20(14-30-22)18-13-23-19-8-6-5-7-17(18)19/h5-14,23H,3-4H2,1-2H3,(H,24,25,27). The smallest absolute Gasteiger partial charge is 0.257 e. The fourth-order valence-electron chi connectivity index (χ4n) is 3.40. The van der Waals surface area contributed by atoms with Crippen LogP contribution in [0, 0.1) is 0 Å². The molecule has 0 saturated heterocycles. The number of fused-ring (bicyclic) bond motifs is 1. The molecule has 0 aliphatic heterocycles. The first kappa shape index (κ1) is 21.2. The van der Waals surface area contributed by atoms with Crippen LogP contribution in [-0.4, -0.2) is 41.7 Å². The van der Waals surface area contributed by atoms with Gasteiger partial charge in [0.25, 0.3) is 5.91 Å². The lowest BCUT2D eigenvalue weighted by atomic mass is 10.1. The minimum atomic E-state index is -3.55. The van der Waals surface area contributed by atoms with Crippen molar-refractivity contribution < 1.29 is 13.2 Å². The summed E-state index contributed by atoms with van der Waals surface area (Å²) >= 11 is 1.34. The third-order valence-electron chi connectivity index (χ3n) is 5.05. The number of aromatic amines is 1. The summed E-state index contributed by atoms with van der Waals surface area (Å²) in [5.41, 5.74) is 3.13. The Kier molecular flexibility index (Phi) is 5.90. The Morgan fingerprint density at radius 1 is 1.10 bits per heavy atom. The number of nitrogens with one attached hydrogen (secondary N) is 2. The number of nitrogens with zero attached hydrogens (tertiary/aromatic N) is 2. The highest BCUT2D eigenvalue weighted by molar-refractivity contribution is 7.89. The van der Waals surface area contributed by atoms with Crippen LogP contribution >= 0.6 is 11.3 Å². The van der Waals surface area contributed by atoms with E-state index in [0.29, 0.717) is 23.8 Å². The zero-order chi connectivity index (χ0) is 22.0. The van der Waals surface area contributed by atoms with Gasteiger partial charge in [-0.25, -0.2) is 13.4 Å². The summed E-state index contributed by atoms with van der Waals surface area (Å²) in [6.45, 7) is 4.37. The lowest BCUT2D eigenvalue weighted by molar-refractivity contribution is 0.102. The Bertz CT molecular complexity index is 1320. The summed E-state index contributed by atoms with van der Waals surface area (Å²) in [5.74, 6) is -0.341. The molecular weight excluding hydrogens is 432 g/mol. The highest BCUT2D eigenvalue weighted by Crippen LogP contribution is 2.31. The van der Waals surface area contributed by atoms with Gasteiger partial charge in [0.15, 0.2) is 5.13 Å². The average molecular weight is 455 g/mol.